The summed E-state index contributed by atoms with van der Waals surface area (Å²) in [6.07, 6.45) is 1.39. The van der Waals surface area contributed by atoms with E-state index in [1.54, 1.807) is 0 Å². The van der Waals surface area contributed by atoms with E-state index >= 15 is 0 Å². The maximum absolute atomic E-state index is 11.7. The number of alkyl carbamates (subject to hydrolysis) is 1. The molecule has 2 atom stereocenters. The number of nitrogens with one attached hydrogen (secondary N) is 2. The van der Waals surface area contributed by atoms with Crippen molar-refractivity contribution in [3.8, 4) is 0 Å². The SMILES string of the molecule is C[C@H](Cc1cccc(CCNC(=O)OC(C)(C)C)c1)N[C@H](C)c1ccccc1. The van der Waals surface area contributed by atoms with Gasteiger partial charge in [0.05, 0.1) is 0 Å². The van der Waals surface area contributed by atoms with Crippen LogP contribution < -0.4 is 10.6 Å². The van der Waals surface area contributed by atoms with Crippen LogP contribution in [0.1, 0.15) is 57.4 Å². The maximum atomic E-state index is 11.7. The number of hydrogen-bond donors (Lipinski definition) is 2. The Balaban J connectivity index is 1.81. The molecule has 152 valence electrons. The van der Waals surface area contributed by atoms with Gasteiger partial charge in [-0.1, -0.05) is 54.6 Å². The molecule has 0 radical (unpaired) electrons. The second-order valence-corrected chi connectivity index (χ2v) is 8.40. The summed E-state index contributed by atoms with van der Waals surface area (Å²) in [5.74, 6) is 0. The minimum atomic E-state index is -0.468. The van der Waals surface area contributed by atoms with Gasteiger partial charge in [-0.25, -0.2) is 4.79 Å². The molecule has 0 aliphatic rings. The van der Waals surface area contributed by atoms with E-state index < -0.39 is 5.60 Å². The minimum absolute atomic E-state index is 0.317. The molecule has 28 heavy (non-hydrogen) atoms. The second-order valence-electron chi connectivity index (χ2n) is 8.40. The highest BCUT2D eigenvalue weighted by Gasteiger charge is 2.15. The van der Waals surface area contributed by atoms with Gasteiger partial charge < -0.3 is 15.4 Å². The summed E-state index contributed by atoms with van der Waals surface area (Å²) in [6.45, 7) is 10.6. The number of ether oxygens (including phenoxy) is 1. The van der Waals surface area contributed by atoms with Crippen molar-refractivity contribution < 1.29 is 9.53 Å². The van der Waals surface area contributed by atoms with Gasteiger partial charge in [0.15, 0.2) is 0 Å². The molecule has 2 rings (SSSR count). The van der Waals surface area contributed by atoms with Crippen molar-refractivity contribution in [2.24, 2.45) is 0 Å². The summed E-state index contributed by atoms with van der Waals surface area (Å²) in [7, 11) is 0. The third kappa shape index (κ3) is 8.13. The van der Waals surface area contributed by atoms with Crippen LogP contribution in [0.2, 0.25) is 0 Å². The first kappa shape index (κ1) is 22.0. The van der Waals surface area contributed by atoms with Gasteiger partial charge in [-0.15, -0.1) is 0 Å². The second kappa shape index (κ2) is 10.3. The summed E-state index contributed by atoms with van der Waals surface area (Å²) in [6, 6.07) is 19.8. The van der Waals surface area contributed by atoms with E-state index in [1.165, 1.54) is 16.7 Å². The van der Waals surface area contributed by atoms with Crippen molar-refractivity contribution in [2.75, 3.05) is 6.54 Å². The van der Waals surface area contributed by atoms with E-state index in [1.807, 2.05) is 26.8 Å². The van der Waals surface area contributed by atoms with E-state index in [2.05, 4.69) is 73.0 Å². The van der Waals surface area contributed by atoms with E-state index in [0.717, 1.165) is 12.8 Å². The Kier molecular flexibility index (Phi) is 8.06. The molecular formula is C24H34N2O2. The Morgan fingerprint density at radius 1 is 1.00 bits per heavy atom. The molecule has 4 heteroatoms. The van der Waals surface area contributed by atoms with Crippen molar-refractivity contribution in [1.82, 2.24) is 10.6 Å². The average Bonchev–Trinajstić information content (AvgIpc) is 2.61. The molecule has 1 amide bonds. The number of carbonyl (C=O) groups excluding carboxylic acids is 1. The van der Waals surface area contributed by atoms with Crippen molar-refractivity contribution >= 4 is 6.09 Å². The Morgan fingerprint density at radius 3 is 2.36 bits per heavy atom. The largest absolute Gasteiger partial charge is 0.444 e. The third-order valence-corrected chi connectivity index (χ3v) is 4.45. The summed E-state index contributed by atoms with van der Waals surface area (Å²) in [4.78, 5) is 11.7. The van der Waals surface area contributed by atoms with Crippen LogP contribution in [0.4, 0.5) is 4.79 Å². The zero-order valence-corrected chi connectivity index (χ0v) is 17.8. The highest BCUT2D eigenvalue weighted by Crippen LogP contribution is 2.14. The Hall–Kier alpha value is -2.33. The lowest BCUT2D eigenvalue weighted by Crippen LogP contribution is -2.33. The number of carbonyl (C=O) groups is 1. The van der Waals surface area contributed by atoms with Crippen LogP contribution in [-0.2, 0) is 17.6 Å². The van der Waals surface area contributed by atoms with E-state index in [4.69, 9.17) is 4.74 Å². The van der Waals surface area contributed by atoms with Crippen LogP contribution in [0.15, 0.2) is 54.6 Å². The van der Waals surface area contributed by atoms with Gasteiger partial charge >= 0.3 is 6.09 Å². The quantitative estimate of drug-likeness (QED) is 0.673. The first-order chi connectivity index (χ1) is 13.2. The number of amides is 1. The van der Waals surface area contributed by atoms with Gasteiger partial charge in [-0.05, 0) is 64.2 Å². The molecule has 0 unspecified atom stereocenters. The zero-order valence-electron chi connectivity index (χ0n) is 17.8. The van der Waals surface area contributed by atoms with E-state index in [0.29, 0.717) is 18.6 Å². The van der Waals surface area contributed by atoms with E-state index in [-0.39, 0.29) is 6.09 Å². The Bertz CT molecular complexity index is 738. The van der Waals surface area contributed by atoms with Crippen molar-refractivity contribution in [2.45, 2.75) is 65.1 Å². The fourth-order valence-electron chi connectivity index (χ4n) is 3.21. The molecule has 0 saturated heterocycles. The number of benzene rings is 2. The first-order valence-electron chi connectivity index (χ1n) is 10.1. The Morgan fingerprint density at radius 2 is 1.68 bits per heavy atom. The lowest BCUT2D eigenvalue weighted by atomic mass is 10.0. The van der Waals surface area contributed by atoms with Crippen molar-refractivity contribution in [1.29, 1.82) is 0 Å². The van der Waals surface area contributed by atoms with Crippen LogP contribution >= 0.6 is 0 Å². The highest BCUT2D eigenvalue weighted by atomic mass is 16.6. The molecule has 0 aromatic heterocycles. The molecule has 0 aliphatic carbocycles. The maximum Gasteiger partial charge on any atom is 0.407 e. The molecule has 0 spiro atoms. The molecule has 2 aromatic carbocycles. The monoisotopic (exact) mass is 382 g/mol. The number of hydrogen-bond acceptors (Lipinski definition) is 3. The van der Waals surface area contributed by atoms with Gasteiger partial charge in [0.25, 0.3) is 0 Å². The third-order valence-electron chi connectivity index (χ3n) is 4.45. The summed E-state index contributed by atoms with van der Waals surface area (Å²) < 4.78 is 5.27. The van der Waals surface area contributed by atoms with Gasteiger partial charge in [-0.3, -0.25) is 0 Å². The smallest absolute Gasteiger partial charge is 0.407 e. The fraction of sp³-hybridized carbons (Fsp3) is 0.458. The number of rotatable bonds is 8. The normalized spacial score (nSPS) is 13.6. The molecule has 2 N–H and O–H groups in total. The van der Waals surface area contributed by atoms with Crippen molar-refractivity contribution in [3.63, 3.8) is 0 Å². The van der Waals surface area contributed by atoms with Gasteiger partial charge in [0.2, 0.25) is 0 Å². The highest BCUT2D eigenvalue weighted by molar-refractivity contribution is 5.67. The first-order valence-corrected chi connectivity index (χ1v) is 10.1. The summed E-state index contributed by atoms with van der Waals surface area (Å²) in [5.41, 5.74) is 3.35. The van der Waals surface area contributed by atoms with Gasteiger partial charge in [0.1, 0.15) is 5.60 Å². The molecular weight excluding hydrogens is 348 g/mol. The zero-order chi connectivity index (χ0) is 20.6. The molecule has 4 nitrogen and oxygen atoms in total. The lowest BCUT2D eigenvalue weighted by Gasteiger charge is -2.21. The van der Waals surface area contributed by atoms with Crippen LogP contribution in [0.3, 0.4) is 0 Å². The summed E-state index contributed by atoms with van der Waals surface area (Å²) >= 11 is 0. The Labute approximate surface area is 169 Å². The topological polar surface area (TPSA) is 50.4 Å². The fourth-order valence-corrected chi connectivity index (χ4v) is 3.21. The molecule has 0 saturated carbocycles. The van der Waals surface area contributed by atoms with E-state index in [9.17, 15) is 4.79 Å². The molecule has 0 fully saturated rings. The van der Waals surface area contributed by atoms with Crippen LogP contribution in [-0.4, -0.2) is 24.3 Å². The standard InChI is InChI=1S/C24H34N2O2/c1-18(26-19(2)22-12-7-6-8-13-22)16-21-11-9-10-20(17-21)14-15-25-23(27)28-24(3,4)5/h6-13,17-19,26H,14-16H2,1-5H3,(H,25,27)/t18-,19-/m1/s1. The lowest BCUT2D eigenvalue weighted by molar-refractivity contribution is 0.0528. The predicted molar refractivity (Wildman–Crippen MR) is 116 cm³/mol. The summed E-state index contributed by atoms with van der Waals surface area (Å²) in [5, 5.41) is 6.49. The average molecular weight is 383 g/mol. The molecule has 0 bridgehead atoms. The van der Waals surface area contributed by atoms with Crippen LogP contribution in [0, 0.1) is 0 Å². The molecule has 0 heterocycles. The van der Waals surface area contributed by atoms with Gasteiger partial charge in [-0.2, -0.15) is 0 Å². The van der Waals surface area contributed by atoms with Crippen molar-refractivity contribution in [3.05, 3.63) is 71.3 Å². The minimum Gasteiger partial charge on any atom is -0.444 e. The molecule has 0 aliphatic heterocycles. The van der Waals surface area contributed by atoms with Crippen LogP contribution in [0.5, 0.6) is 0 Å². The predicted octanol–water partition coefficient (Wildman–Crippen LogP) is 5.04. The van der Waals surface area contributed by atoms with Gasteiger partial charge in [0, 0.05) is 18.6 Å². The molecule has 2 aromatic rings. The van der Waals surface area contributed by atoms with Crippen LogP contribution in [0.25, 0.3) is 0 Å².